The number of nitrogens with one attached hydrogen (secondary N) is 1. The lowest BCUT2D eigenvalue weighted by atomic mass is 10.2. The van der Waals surface area contributed by atoms with E-state index in [4.69, 9.17) is 9.47 Å². The topological polar surface area (TPSA) is 122 Å². The van der Waals surface area contributed by atoms with Gasteiger partial charge in [0, 0.05) is 32.2 Å². The zero-order chi connectivity index (χ0) is 24.2. The number of benzene rings is 2. The van der Waals surface area contributed by atoms with Crippen LogP contribution in [-0.4, -0.2) is 78.4 Å². The van der Waals surface area contributed by atoms with Gasteiger partial charge in [-0.3, -0.25) is 4.79 Å². The molecule has 1 fully saturated rings. The largest absolute Gasteiger partial charge is 0.497 e. The van der Waals surface area contributed by atoms with Crippen LogP contribution in [-0.2, 0) is 24.8 Å². The van der Waals surface area contributed by atoms with Crippen LogP contribution in [0, 0.1) is 0 Å². The number of hydrogen-bond donors (Lipinski definition) is 1. The van der Waals surface area contributed by atoms with E-state index in [9.17, 15) is 21.6 Å². The maximum Gasteiger partial charge on any atom is 0.247 e. The predicted octanol–water partition coefficient (Wildman–Crippen LogP) is 0.904. The van der Waals surface area contributed by atoms with Crippen LogP contribution in [0.3, 0.4) is 0 Å². The van der Waals surface area contributed by atoms with Crippen molar-refractivity contribution in [3.63, 3.8) is 0 Å². The molecular formula is C21H27N3O7S2. The van der Waals surface area contributed by atoms with Crippen LogP contribution in [0.1, 0.15) is 6.92 Å². The molecule has 2 aromatic rings. The minimum Gasteiger partial charge on any atom is -0.497 e. The summed E-state index contributed by atoms with van der Waals surface area (Å²) in [6, 6.07) is 11.3. The molecule has 1 amide bonds. The molecule has 1 N–H and O–H groups in total. The summed E-state index contributed by atoms with van der Waals surface area (Å²) in [5.74, 6) is 0.145. The third kappa shape index (κ3) is 5.46. The van der Waals surface area contributed by atoms with Crippen LogP contribution in [0.2, 0.25) is 0 Å². The second-order valence-corrected chi connectivity index (χ2v) is 11.0. The molecule has 2 aromatic carbocycles. The molecule has 3 rings (SSSR count). The number of carbonyl (C=O) groups excluding carboxylic acids is 1. The van der Waals surface area contributed by atoms with Gasteiger partial charge in [-0.2, -0.15) is 9.03 Å². The minimum absolute atomic E-state index is 0.0203. The Morgan fingerprint density at radius 2 is 1.58 bits per heavy atom. The fourth-order valence-corrected chi connectivity index (χ4v) is 6.31. The summed E-state index contributed by atoms with van der Waals surface area (Å²) in [5, 5.41) is 0. The number of hydrogen-bond acceptors (Lipinski definition) is 7. The maximum absolute atomic E-state index is 13.2. The van der Waals surface area contributed by atoms with Crippen molar-refractivity contribution in [1.82, 2.24) is 13.9 Å². The summed E-state index contributed by atoms with van der Waals surface area (Å²) >= 11 is 0. The molecule has 0 aliphatic carbocycles. The molecule has 0 unspecified atom stereocenters. The number of rotatable bonds is 8. The summed E-state index contributed by atoms with van der Waals surface area (Å²) in [6.45, 7) is 1.84. The Kier molecular flexibility index (Phi) is 7.62. The predicted molar refractivity (Wildman–Crippen MR) is 121 cm³/mol. The fraction of sp³-hybridized carbons (Fsp3) is 0.381. The van der Waals surface area contributed by atoms with E-state index >= 15 is 0 Å². The van der Waals surface area contributed by atoms with Gasteiger partial charge in [0.05, 0.1) is 25.2 Å². The van der Waals surface area contributed by atoms with Gasteiger partial charge in [-0.1, -0.05) is 18.2 Å². The van der Waals surface area contributed by atoms with Gasteiger partial charge in [-0.25, -0.2) is 16.8 Å². The number of carbonyl (C=O) groups is 1. The molecule has 180 valence electrons. The van der Waals surface area contributed by atoms with Gasteiger partial charge in [-0.05, 0) is 31.2 Å². The maximum atomic E-state index is 13.2. The number of amides is 1. The molecular weight excluding hydrogens is 470 g/mol. The highest BCUT2D eigenvalue weighted by atomic mass is 32.2. The van der Waals surface area contributed by atoms with Crippen molar-refractivity contribution in [3.05, 3.63) is 48.5 Å². The van der Waals surface area contributed by atoms with E-state index in [2.05, 4.69) is 4.72 Å². The van der Waals surface area contributed by atoms with Crippen molar-refractivity contribution in [1.29, 1.82) is 0 Å². The monoisotopic (exact) mass is 497 g/mol. The fourth-order valence-electron chi connectivity index (χ4n) is 3.50. The SMILES string of the molecule is COc1ccc(OC)c(S(=O)(=O)N2CCN(C(=O)[C@H](C)NS(=O)(=O)c3ccccc3)CC2)c1. The summed E-state index contributed by atoms with van der Waals surface area (Å²) in [5.41, 5.74) is 0. The number of piperazine rings is 1. The Hall–Kier alpha value is -2.67. The van der Waals surface area contributed by atoms with Gasteiger partial charge in [0.2, 0.25) is 26.0 Å². The van der Waals surface area contributed by atoms with E-state index in [1.54, 1.807) is 24.3 Å². The molecule has 0 spiro atoms. The van der Waals surface area contributed by atoms with Crippen molar-refractivity contribution in [3.8, 4) is 11.5 Å². The van der Waals surface area contributed by atoms with Crippen LogP contribution in [0.4, 0.5) is 0 Å². The first-order valence-electron chi connectivity index (χ1n) is 10.2. The molecule has 0 saturated carbocycles. The molecule has 1 aliphatic heterocycles. The van der Waals surface area contributed by atoms with Crippen LogP contribution in [0.5, 0.6) is 11.5 Å². The standard InChI is InChI=1S/C21H27N3O7S2/c1-16(22-32(26,27)18-7-5-4-6-8-18)21(25)23-11-13-24(14-12-23)33(28,29)20-15-17(30-2)9-10-19(20)31-3/h4-10,15-16,22H,11-14H2,1-3H3/t16-/m0/s1. The molecule has 33 heavy (non-hydrogen) atoms. The number of sulfonamides is 2. The minimum atomic E-state index is -3.89. The molecule has 0 radical (unpaired) electrons. The summed E-state index contributed by atoms with van der Waals surface area (Å²) in [7, 11) is -4.93. The average Bonchev–Trinajstić information content (AvgIpc) is 2.83. The molecule has 1 aliphatic rings. The molecule has 1 heterocycles. The van der Waals surface area contributed by atoms with Gasteiger partial charge < -0.3 is 14.4 Å². The van der Waals surface area contributed by atoms with E-state index in [0.29, 0.717) is 5.75 Å². The molecule has 10 nitrogen and oxygen atoms in total. The van der Waals surface area contributed by atoms with E-state index in [0.717, 1.165) is 0 Å². The van der Waals surface area contributed by atoms with Crippen LogP contribution in [0.15, 0.2) is 58.3 Å². The van der Waals surface area contributed by atoms with Gasteiger partial charge in [0.1, 0.15) is 16.4 Å². The van der Waals surface area contributed by atoms with Crippen LogP contribution in [0.25, 0.3) is 0 Å². The lowest BCUT2D eigenvalue weighted by Gasteiger charge is -2.35. The lowest BCUT2D eigenvalue weighted by Crippen LogP contribution is -2.55. The number of ether oxygens (including phenoxy) is 2. The Morgan fingerprint density at radius 3 is 2.15 bits per heavy atom. The van der Waals surface area contributed by atoms with Crippen molar-refractivity contribution in [2.24, 2.45) is 0 Å². The number of methoxy groups -OCH3 is 2. The third-order valence-corrected chi connectivity index (χ3v) is 8.77. The molecule has 1 atom stereocenters. The zero-order valence-corrected chi connectivity index (χ0v) is 20.2. The molecule has 0 aromatic heterocycles. The summed E-state index contributed by atoms with van der Waals surface area (Å²) in [4.78, 5) is 14.3. The van der Waals surface area contributed by atoms with Crippen LogP contribution < -0.4 is 14.2 Å². The van der Waals surface area contributed by atoms with E-state index in [1.807, 2.05) is 0 Å². The van der Waals surface area contributed by atoms with Crippen molar-refractivity contribution < 1.29 is 31.1 Å². The van der Waals surface area contributed by atoms with Gasteiger partial charge in [-0.15, -0.1) is 0 Å². The summed E-state index contributed by atoms with van der Waals surface area (Å²) in [6.07, 6.45) is 0. The van der Waals surface area contributed by atoms with E-state index in [-0.39, 0.29) is 41.7 Å². The highest BCUT2D eigenvalue weighted by Gasteiger charge is 2.34. The smallest absolute Gasteiger partial charge is 0.247 e. The quantitative estimate of drug-likeness (QED) is 0.575. The van der Waals surface area contributed by atoms with Crippen molar-refractivity contribution in [2.45, 2.75) is 22.8 Å². The lowest BCUT2D eigenvalue weighted by molar-refractivity contribution is -0.133. The van der Waals surface area contributed by atoms with Crippen molar-refractivity contribution >= 4 is 26.0 Å². The zero-order valence-electron chi connectivity index (χ0n) is 18.6. The molecule has 0 bridgehead atoms. The van der Waals surface area contributed by atoms with E-state index < -0.39 is 32.0 Å². The normalized spacial score (nSPS) is 16.3. The first kappa shape index (κ1) is 25.0. The molecule has 12 heteroatoms. The Labute approximate surface area is 194 Å². The van der Waals surface area contributed by atoms with E-state index in [1.165, 1.54) is 54.6 Å². The van der Waals surface area contributed by atoms with Gasteiger partial charge in [0.15, 0.2) is 0 Å². The Balaban J connectivity index is 1.67. The second kappa shape index (κ2) is 10.1. The Bertz CT molecular complexity index is 1190. The van der Waals surface area contributed by atoms with Gasteiger partial charge >= 0.3 is 0 Å². The average molecular weight is 498 g/mol. The third-order valence-electron chi connectivity index (χ3n) is 5.29. The van der Waals surface area contributed by atoms with Gasteiger partial charge in [0.25, 0.3) is 0 Å². The summed E-state index contributed by atoms with van der Waals surface area (Å²) < 4.78 is 65.3. The first-order valence-corrected chi connectivity index (χ1v) is 13.1. The molecule has 1 saturated heterocycles. The van der Waals surface area contributed by atoms with Crippen molar-refractivity contribution in [2.75, 3.05) is 40.4 Å². The Morgan fingerprint density at radius 1 is 0.939 bits per heavy atom. The number of nitrogens with zero attached hydrogens (tertiary/aromatic N) is 2. The van der Waals surface area contributed by atoms with Crippen LogP contribution >= 0.6 is 0 Å². The first-order chi connectivity index (χ1) is 15.6. The highest BCUT2D eigenvalue weighted by molar-refractivity contribution is 7.89. The highest BCUT2D eigenvalue weighted by Crippen LogP contribution is 2.31. The second-order valence-electron chi connectivity index (χ2n) is 7.40.